The second-order valence-electron chi connectivity index (χ2n) is 14.9. The number of hydrogen-bond donors (Lipinski definition) is 5. The van der Waals surface area contributed by atoms with Crippen LogP contribution in [0.3, 0.4) is 0 Å². The number of para-hydroxylation sites is 1. The Kier molecular flexibility index (Phi) is 25.8. The van der Waals surface area contributed by atoms with Crippen LogP contribution >= 0.6 is 0 Å². The predicted octanol–water partition coefficient (Wildman–Crippen LogP) is -13.6. The molecule has 0 atom stereocenters. The summed E-state index contributed by atoms with van der Waals surface area (Å²) in [5.41, 5.74) is -3.22. The molecule has 0 radical (unpaired) electrons. The minimum Gasteiger partial charge on any atom is -0.872 e. The summed E-state index contributed by atoms with van der Waals surface area (Å²) in [4.78, 5) is 16.1. The van der Waals surface area contributed by atoms with E-state index in [-0.39, 0.29) is 159 Å². The van der Waals surface area contributed by atoms with Gasteiger partial charge in [-0.3, -0.25) is 24.1 Å². The van der Waals surface area contributed by atoms with Crippen LogP contribution in [0.25, 0.3) is 21.5 Å². The van der Waals surface area contributed by atoms with Crippen LogP contribution in [0.4, 0.5) is 28.4 Å². The molecule has 0 unspecified atom stereocenters. The smallest absolute Gasteiger partial charge is 0.872 e. The van der Waals surface area contributed by atoms with E-state index in [9.17, 15) is 78.9 Å². The summed E-state index contributed by atoms with van der Waals surface area (Å²) in [6.45, 7) is 0.834. The molecule has 0 aliphatic rings. The molecule has 386 valence electrons. The Morgan fingerprint density at radius 1 is 0.538 bits per heavy atom. The second-order valence-corrected chi connectivity index (χ2v) is 23.6. The third-order valence-corrected chi connectivity index (χ3v) is 15.5. The minimum absolute atomic E-state index is 0. The average Bonchev–Trinajstić information content (AvgIpc) is 3.26. The summed E-state index contributed by atoms with van der Waals surface area (Å²) in [5, 5.41) is 32.8. The van der Waals surface area contributed by atoms with Crippen molar-refractivity contribution in [3.63, 3.8) is 0 Å². The standard InChI is InChI=1S/C39H34N8O20S6.5Na/c1-2-20-5-3-4-6-28(20)40-37-43-38(41-29-17-25(69(52,53)54)13-21-14-27(71(58,59)60)19-31(48)33(21)29)45-39(44-37)42-30-18-26(70(55,56)57)15-22-16-32(72(61,62)63)35(36(49)34(22)30)47-46-23-7-9-24(10-8-23)68(50,51)12-11-67-73(64,65)66;;;;;/h3-10,13-19,48-49H,2,11-12H2,1H3,(H,52,53,54)(H,55,56,57)(H,58,59,60)(H,61,62,63)(H,64,65,66)(H3,40,41,42,43,44,45);;;;;/q;5*+1/p-5. The van der Waals surface area contributed by atoms with Gasteiger partial charge in [0.2, 0.25) is 16.9 Å². The first-order valence-corrected chi connectivity index (χ1v) is 28.5. The number of sulfone groups is 1. The predicted molar refractivity (Wildman–Crippen MR) is 242 cm³/mol. The fourth-order valence-electron chi connectivity index (χ4n) is 6.80. The summed E-state index contributed by atoms with van der Waals surface area (Å²) in [6.07, 6.45) is 0.424. The van der Waals surface area contributed by atoms with Crippen molar-refractivity contribution in [2.24, 2.45) is 25.2 Å². The SMILES string of the molecule is CCc1ccccc1N=c1[nH]c(=Nc2cc(S(=O)(=O)[O-])cc3cc(S(=O)(=O)[O-])cc([O-])c23)[nH]c(=Nc2cc(S(=O)(=O)[O-])cc3cc(S(=O)(=O)O)c(N=Nc4ccc(S(=O)(=O)CCOS(=O)(=O)O)cc4)c([O-])c23)[nH]1.[Na+].[Na+].[Na+].[Na+].[Na+]. The molecule has 0 amide bonds. The maximum Gasteiger partial charge on any atom is 1.00 e. The molecular formula is C39H29N8Na5O20S6. The van der Waals surface area contributed by atoms with E-state index in [1.165, 1.54) is 0 Å². The molecular weight excluding hydrogens is 1210 g/mol. The van der Waals surface area contributed by atoms with E-state index < -0.39 is 159 Å². The number of aromatic amines is 3. The van der Waals surface area contributed by atoms with Crippen LogP contribution in [-0.4, -0.2) is 101 Å². The topological polar surface area (TPSA) is 479 Å². The van der Waals surface area contributed by atoms with Crippen LogP contribution in [0.1, 0.15) is 12.5 Å². The van der Waals surface area contributed by atoms with Gasteiger partial charge in [-0.2, -0.15) is 21.9 Å². The first-order chi connectivity index (χ1) is 33.8. The Balaban J connectivity index is 0.00000416. The summed E-state index contributed by atoms with van der Waals surface area (Å²) in [5.74, 6) is -3.52. The Hall–Kier alpha value is -2.09. The summed E-state index contributed by atoms with van der Waals surface area (Å²) < 4.78 is 205. The minimum atomic E-state index is -5.49. The summed E-state index contributed by atoms with van der Waals surface area (Å²) in [6, 6.07) is 14.6. The van der Waals surface area contributed by atoms with E-state index in [2.05, 4.69) is 44.3 Å². The molecule has 0 aliphatic carbocycles. The van der Waals surface area contributed by atoms with Gasteiger partial charge in [0.15, 0.2) is 9.84 Å². The van der Waals surface area contributed by atoms with Crippen molar-refractivity contribution < 1.29 is 235 Å². The number of fused-ring (bicyclic) bond motifs is 2. The molecule has 1 aromatic heterocycles. The zero-order chi connectivity index (χ0) is 53.6. The van der Waals surface area contributed by atoms with E-state index in [1.807, 2.05) is 0 Å². The number of nitrogens with zero attached hydrogens (tertiary/aromatic N) is 5. The molecule has 0 fully saturated rings. The quantitative estimate of drug-likeness (QED) is 0.0361. The van der Waals surface area contributed by atoms with Crippen molar-refractivity contribution in [1.82, 2.24) is 15.0 Å². The van der Waals surface area contributed by atoms with Crippen LogP contribution in [0.5, 0.6) is 11.5 Å². The van der Waals surface area contributed by atoms with E-state index in [0.29, 0.717) is 60.1 Å². The summed E-state index contributed by atoms with van der Waals surface area (Å²) in [7, 11) is -30.8. The molecule has 1 heterocycles. The largest absolute Gasteiger partial charge is 1.00 e. The first-order valence-electron chi connectivity index (χ1n) is 19.8. The van der Waals surface area contributed by atoms with Crippen molar-refractivity contribution in [2.75, 3.05) is 12.4 Å². The van der Waals surface area contributed by atoms with Crippen LogP contribution in [-0.2, 0) is 71.3 Å². The fourth-order valence-corrected chi connectivity index (χ4v) is 10.5. The van der Waals surface area contributed by atoms with Crippen molar-refractivity contribution in [3.8, 4) is 11.5 Å². The Bertz CT molecular complexity index is 4430. The van der Waals surface area contributed by atoms with Crippen molar-refractivity contribution >= 4 is 111 Å². The molecule has 39 heteroatoms. The van der Waals surface area contributed by atoms with Gasteiger partial charge in [0.1, 0.15) is 35.2 Å². The van der Waals surface area contributed by atoms with Crippen molar-refractivity contribution in [3.05, 3.63) is 113 Å². The Morgan fingerprint density at radius 2 is 0.987 bits per heavy atom. The number of aromatic nitrogens is 3. The molecule has 7 aromatic rings. The number of benzene rings is 6. The molecule has 28 nitrogen and oxygen atoms in total. The molecule has 0 aliphatic heterocycles. The Labute approximate surface area is 553 Å². The third kappa shape index (κ3) is 18.0. The maximum atomic E-state index is 14.4. The van der Waals surface area contributed by atoms with Gasteiger partial charge < -0.3 is 23.9 Å². The van der Waals surface area contributed by atoms with Crippen molar-refractivity contribution in [1.29, 1.82) is 0 Å². The van der Waals surface area contributed by atoms with E-state index in [4.69, 9.17) is 4.55 Å². The van der Waals surface area contributed by atoms with Gasteiger partial charge >= 0.3 is 158 Å². The van der Waals surface area contributed by atoms with Crippen LogP contribution in [0, 0.1) is 0 Å². The zero-order valence-corrected chi connectivity index (χ0v) is 56.1. The van der Waals surface area contributed by atoms with Gasteiger partial charge in [-0.1, -0.05) is 42.7 Å². The Morgan fingerprint density at radius 3 is 1.45 bits per heavy atom. The van der Waals surface area contributed by atoms with Gasteiger partial charge in [0.05, 0.1) is 60.4 Å². The average molecular weight is 1240 g/mol. The number of azo groups is 1. The van der Waals surface area contributed by atoms with E-state index in [0.717, 1.165) is 24.3 Å². The zero-order valence-electron chi connectivity index (χ0n) is 41.2. The number of aryl methyl sites for hydroxylation is 1. The van der Waals surface area contributed by atoms with E-state index >= 15 is 0 Å². The molecule has 7 rings (SSSR count). The number of H-pyrrole nitrogens is 3. The van der Waals surface area contributed by atoms with Crippen molar-refractivity contribution in [2.45, 2.75) is 37.8 Å². The molecule has 0 saturated carbocycles. The van der Waals surface area contributed by atoms with Crippen LogP contribution in [0.15, 0.2) is 141 Å². The van der Waals surface area contributed by atoms with Crippen LogP contribution in [0.2, 0.25) is 0 Å². The molecule has 0 bridgehead atoms. The maximum absolute atomic E-state index is 14.4. The van der Waals surface area contributed by atoms with Gasteiger partial charge in [-0.25, -0.2) is 52.8 Å². The van der Waals surface area contributed by atoms with Gasteiger partial charge in [0, 0.05) is 5.39 Å². The monoisotopic (exact) mass is 1240 g/mol. The molecule has 5 N–H and O–H groups in total. The van der Waals surface area contributed by atoms with E-state index in [1.54, 1.807) is 31.2 Å². The molecule has 0 spiro atoms. The number of nitrogens with one attached hydrogen (secondary N) is 3. The normalized spacial score (nSPS) is 13.1. The second kappa shape index (κ2) is 28.0. The van der Waals surface area contributed by atoms with Crippen LogP contribution < -0.4 is 175 Å². The van der Waals surface area contributed by atoms with Gasteiger partial charge in [0.25, 0.3) is 10.1 Å². The first kappa shape index (κ1) is 72.0. The van der Waals surface area contributed by atoms with Gasteiger partial charge in [-0.15, -0.1) is 5.11 Å². The third-order valence-electron chi connectivity index (χ3n) is 9.99. The summed E-state index contributed by atoms with van der Waals surface area (Å²) >= 11 is 0. The molecule has 0 saturated heterocycles. The fraction of sp³-hybridized carbons (Fsp3) is 0.103. The number of rotatable bonds is 15. The number of hydrogen-bond acceptors (Lipinski definition) is 23. The molecule has 78 heavy (non-hydrogen) atoms. The van der Waals surface area contributed by atoms with Gasteiger partial charge in [-0.05, 0) is 94.9 Å². The molecule has 6 aromatic carbocycles.